The third kappa shape index (κ3) is 5.60. The number of hydrogen-bond acceptors (Lipinski definition) is 3. The molecule has 0 fully saturated rings. The van der Waals surface area contributed by atoms with Crippen LogP contribution in [0.15, 0.2) is 0 Å². The maximum atomic E-state index is 13.2. The van der Waals surface area contributed by atoms with Crippen LogP contribution in [0.3, 0.4) is 0 Å². The van der Waals surface area contributed by atoms with Gasteiger partial charge in [-0.2, -0.15) is 57.1 Å². The van der Waals surface area contributed by atoms with E-state index < -0.39 is 70.7 Å². The van der Waals surface area contributed by atoms with Crippen molar-refractivity contribution in [2.45, 2.75) is 60.6 Å². The first-order valence-corrected chi connectivity index (χ1v) is 7.84. The van der Waals surface area contributed by atoms with Crippen molar-refractivity contribution in [1.29, 1.82) is 0 Å². The fourth-order valence-corrected chi connectivity index (χ4v) is 2.05. The largest absolute Gasteiger partial charge is 1.00 e. The van der Waals surface area contributed by atoms with Crippen molar-refractivity contribution in [1.82, 2.24) is 0 Å². The summed E-state index contributed by atoms with van der Waals surface area (Å²) in [5, 5.41) is -7.54. The van der Waals surface area contributed by atoms with Crippen LogP contribution < -0.4 is 29.6 Å². The molecule has 0 amide bonds. The Bertz CT molecular complexity index is 659. The van der Waals surface area contributed by atoms with Gasteiger partial charge in [0.25, 0.3) is 0 Å². The van der Waals surface area contributed by atoms with E-state index in [9.17, 15) is 74.4 Å². The second kappa shape index (κ2) is 8.82. The number of hydrogen-bond donors (Lipinski definition) is 0. The molecule has 170 valence electrons. The first-order chi connectivity index (χ1) is 11.9. The minimum absolute atomic E-state index is 0. The topological polar surface area (TPSA) is 57.2 Å². The molecule has 0 rings (SSSR count). The molecule has 19 heteroatoms. The van der Waals surface area contributed by atoms with Gasteiger partial charge in [-0.3, -0.25) is 0 Å². The molecule has 0 spiro atoms. The second-order valence-corrected chi connectivity index (χ2v) is 6.71. The van der Waals surface area contributed by atoms with Crippen LogP contribution in [0.5, 0.6) is 0 Å². The minimum Gasteiger partial charge on any atom is -0.743 e. The maximum Gasteiger partial charge on any atom is 1.00 e. The van der Waals surface area contributed by atoms with Crippen molar-refractivity contribution >= 4 is 10.1 Å². The van der Waals surface area contributed by atoms with Gasteiger partial charge in [0.1, 0.15) is 0 Å². The van der Waals surface area contributed by atoms with E-state index in [4.69, 9.17) is 0 Å². The standard InChI is InChI=1S/C10H8F14O3S.Na/c11-4(2-1-3-5(12,13)14)6(15,16)7(17,18)8(19,20)9(21,22)10(23,24)28(25,26)27;/h4H,1-3H2,(H,25,26,27);/q;+1/p-1. The molecule has 0 saturated heterocycles. The molecule has 0 aliphatic carbocycles. The van der Waals surface area contributed by atoms with E-state index in [0.29, 0.717) is 0 Å². The number of alkyl halides is 14. The number of rotatable bonds is 9. The second-order valence-electron chi connectivity index (χ2n) is 5.29. The normalized spacial score (nSPS) is 16.4. The van der Waals surface area contributed by atoms with Crippen molar-refractivity contribution < 1.29 is 104 Å². The Balaban J connectivity index is 0. The van der Waals surface area contributed by atoms with Crippen LogP contribution in [-0.4, -0.2) is 54.3 Å². The third-order valence-electron chi connectivity index (χ3n) is 3.20. The molecule has 3 nitrogen and oxygen atoms in total. The predicted octanol–water partition coefficient (Wildman–Crippen LogP) is 1.74. The van der Waals surface area contributed by atoms with Crippen LogP contribution in [0.1, 0.15) is 19.3 Å². The van der Waals surface area contributed by atoms with E-state index in [0.717, 1.165) is 0 Å². The van der Waals surface area contributed by atoms with E-state index in [1.54, 1.807) is 0 Å². The summed E-state index contributed by atoms with van der Waals surface area (Å²) in [6, 6.07) is 0. The molecule has 0 aromatic rings. The van der Waals surface area contributed by atoms with E-state index in [1.807, 2.05) is 0 Å². The maximum absolute atomic E-state index is 13.2. The molecule has 1 unspecified atom stereocenters. The van der Waals surface area contributed by atoms with E-state index in [2.05, 4.69) is 0 Å². The van der Waals surface area contributed by atoms with E-state index >= 15 is 0 Å². The molecule has 29 heavy (non-hydrogen) atoms. The van der Waals surface area contributed by atoms with E-state index in [1.165, 1.54) is 0 Å². The summed E-state index contributed by atoms with van der Waals surface area (Å²) in [7, 11) is -7.81. The van der Waals surface area contributed by atoms with Gasteiger partial charge in [0.2, 0.25) is 0 Å². The SMILES string of the molecule is O=S(=O)([O-])C(F)(F)C(F)(F)C(F)(F)C(F)(F)C(F)(F)C(F)CCCC(F)(F)F.[Na+]. The van der Waals surface area contributed by atoms with Gasteiger partial charge in [0, 0.05) is 6.42 Å². The molecule has 0 radical (unpaired) electrons. The van der Waals surface area contributed by atoms with Gasteiger partial charge in [0.05, 0.1) is 0 Å². The average molecular weight is 496 g/mol. The monoisotopic (exact) mass is 496 g/mol. The Morgan fingerprint density at radius 3 is 1.41 bits per heavy atom. The molecule has 0 heterocycles. The Hall–Kier alpha value is -0.0700. The van der Waals surface area contributed by atoms with E-state index in [-0.39, 0.29) is 29.6 Å². The third-order valence-corrected chi connectivity index (χ3v) is 4.08. The van der Waals surface area contributed by atoms with Crippen molar-refractivity contribution in [3.63, 3.8) is 0 Å². The Labute approximate surface area is 174 Å². The predicted molar refractivity (Wildman–Crippen MR) is 59.2 cm³/mol. The molecule has 0 N–H and O–H groups in total. The van der Waals surface area contributed by atoms with Gasteiger partial charge >= 0.3 is 64.7 Å². The van der Waals surface area contributed by atoms with Crippen molar-refractivity contribution in [2.24, 2.45) is 0 Å². The van der Waals surface area contributed by atoms with Gasteiger partial charge in [-0.25, -0.2) is 12.8 Å². The van der Waals surface area contributed by atoms with Crippen LogP contribution in [-0.2, 0) is 10.1 Å². The summed E-state index contributed by atoms with van der Waals surface area (Å²) in [5.74, 6) is -30.7. The molecular weight excluding hydrogens is 489 g/mol. The molecule has 0 aromatic carbocycles. The fourth-order valence-electron chi connectivity index (χ4n) is 1.61. The Morgan fingerprint density at radius 2 is 1.10 bits per heavy atom. The van der Waals surface area contributed by atoms with Crippen LogP contribution in [0.25, 0.3) is 0 Å². The summed E-state index contributed by atoms with van der Waals surface area (Å²) in [6.45, 7) is 0. The zero-order valence-corrected chi connectivity index (χ0v) is 16.4. The molecule has 0 aliphatic heterocycles. The van der Waals surface area contributed by atoms with Crippen LogP contribution in [0, 0.1) is 0 Å². The zero-order valence-electron chi connectivity index (χ0n) is 13.6. The van der Waals surface area contributed by atoms with Gasteiger partial charge in [-0.15, -0.1) is 0 Å². The summed E-state index contributed by atoms with van der Waals surface area (Å²) in [6.07, 6.45) is -15.8. The van der Waals surface area contributed by atoms with Crippen LogP contribution in [0.4, 0.5) is 61.5 Å². The summed E-state index contributed by atoms with van der Waals surface area (Å²) in [5.41, 5.74) is 0. The Morgan fingerprint density at radius 1 is 0.724 bits per heavy atom. The van der Waals surface area contributed by atoms with Crippen LogP contribution >= 0.6 is 0 Å². The van der Waals surface area contributed by atoms with Crippen molar-refractivity contribution in [2.75, 3.05) is 0 Å². The summed E-state index contributed by atoms with van der Waals surface area (Å²) in [4.78, 5) is 0. The molecular formula is C10H7F14NaO3S. The quantitative estimate of drug-likeness (QED) is 0.278. The zero-order chi connectivity index (χ0) is 23.2. The number of halogens is 14. The van der Waals surface area contributed by atoms with Gasteiger partial charge < -0.3 is 4.55 Å². The van der Waals surface area contributed by atoms with Crippen molar-refractivity contribution in [3.05, 3.63) is 0 Å². The summed E-state index contributed by atoms with van der Waals surface area (Å²) < 4.78 is 209. The van der Waals surface area contributed by atoms with Gasteiger partial charge in [0.15, 0.2) is 16.3 Å². The van der Waals surface area contributed by atoms with Gasteiger partial charge in [-0.1, -0.05) is 0 Å². The Kier molecular flexibility index (Phi) is 9.46. The van der Waals surface area contributed by atoms with Gasteiger partial charge in [-0.05, 0) is 12.8 Å². The molecule has 0 saturated carbocycles. The summed E-state index contributed by atoms with van der Waals surface area (Å²) >= 11 is 0. The smallest absolute Gasteiger partial charge is 0.743 e. The average Bonchev–Trinajstić information content (AvgIpc) is 2.43. The van der Waals surface area contributed by atoms with Crippen LogP contribution in [0.2, 0.25) is 0 Å². The van der Waals surface area contributed by atoms with Crippen molar-refractivity contribution in [3.8, 4) is 0 Å². The molecule has 0 aliphatic rings. The first kappa shape index (κ1) is 31.1. The first-order valence-electron chi connectivity index (χ1n) is 6.43. The molecule has 1 atom stereocenters. The molecule has 0 bridgehead atoms. The fraction of sp³-hybridized carbons (Fsp3) is 1.00. The minimum atomic E-state index is -8.03. The molecule has 0 aromatic heterocycles.